The number of nitrogens with zero attached hydrogens (tertiary/aromatic N) is 1. The summed E-state index contributed by atoms with van der Waals surface area (Å²) in [6, 6.07) is 10.8. The van der Waals surface area contributed by atoms with E-state index in [-0.39, 0.29) is 5.41 Å². The number of hydrogen-bond donors (Lipinski definition) is 2. The molecule has 3 rings (SSSR count). The number of hydrogen-bond acceptors (Lipinski definition) is 3. The van der Waals surface area contributed by atoms with E-state index in [1.807, 2.05) is 7.05 Å². The summed E-state index contributed by atoms with van der Waals surface area (Å²) in [5.74, 6) is 0.853. The smallest absolute Gasteiger partial charge is 0.191 e. The monoisotopic (exact) mass is 387 g/mol. The second-order valence-electron chi connectivity index (χ2n) is 8.10. The lowest BCUT2D eigenvalue weighted by atomic mass is 9.74. The predicted octanol–water partition coefficient (Wildman–Crippen LogP) is 3.64. The van der Waals surface area contributed by atoms with Crippen molar-refractivity contribution in [2.75, 3.05) is 40.0 Å². The molecule has 2 N–H and O–H groups in total. The third kappa shape index (κ3) is 6.21. The van der Waals surface area contributed by atoms with Crippen LogP contribution in [0.25, 0.3) is 0 Å². The van der Waals surface area contributed by atoms with Crippen LogP contribution in [0.3, 0.4) is 0 Å². The SMILES string of the molecule is CN=C(NCCOC1CCCCCC1)NCC1(c2ccccc2)CCOCC1. The number of rotatable bonds is 7. The Morgan fingerprint density at radius 2 is 1.79 bits per heavy atom. The van der Waals surface area contributed by atoms with Crippen LogP contribution in [0.1, 0.15) is 56.9 Å². The second-order valence-corrected chi connectivity index (χ2v) is 8.10. The van der Waals surface area contributed by atoms with Gasteiger partial charge in [0.15, 0.2) is 5.96 Å². The van der Waals surface area contributed by atoms with Gasteiger partial charge in [0.25, 0.3) is 0 Å². The summed E-state index contributed by atoms with van der Waals surface area (Å²) in [7, 11) is 1.83. The van der Waals surface area contributed by atoms with E-state index in [2.05, 4.69) is 46.0 Å². The molecule has 28 heavy (non-hydrogen) atoms. The van der Waals surface area contributed by atoms with E-state index < -0.39 is 0 Å². The van der Waals surface area contributed by atoms with Gasteiger partial charge < -0.3 is 20.1 Å². The lowest BCUT2D eigenvalue weighted by molar-refractivity contribution is 0.0465. The molecular weight excluding hydrogens is 350 g/mol. The number of nitrogens with one attached hydrogen (secondary N) is 2. The normalized spacial score (nSPS) is 21.1. The minimum Gasteiger partial charge on any atom is -0.381 e. The highest BCUT2D eigenvalue weighted by Gasteiger charge is 2.34. The summed E-state index contributed by atoms with van der Waals surface area (Å²) >= 11 is 0. The third-order valence-corrected chi connectivity index (χ3v) is 6.20. The van der Waals surface area contributed by atoms with E-state index >= 15 is 0 Å². The van der Waals surface area contributed by atoms with Crippen molar-refractivity contribution in [2.24, 2.45) is 4.99 Å². The molecule has 1 aliphatic heterocycles. The van der Waals surface area contributed by atoms with Gasteiger partial charge in [-0.25, -0.2) is 0 Å². The van der Waals surface area contributed by atoms with Crippen LogP contribution in [0.5, 0.6) is 0 Å². The zero-order chi connectivity index (χ0) is 19.5. The Bertz CT molecular complexity index is 577. The topological polar surface area (TPSA) is 54.9 Å². The molecule has 0 unspecified atom stereocenters. The van der Waals surface area contributed by atoms with Gasteiger partial charge in [0.05, 0.1) is 12.7 Å². The molecular formula is C23H37N3O2. The maximum Gasteiger partial charge on any atom is 0.191 e. The van der Waals surface area contributed by atoms with Crippen LogP contribution in [0.4, 0.5) is 0 Å². The standard InChI is InChI=1S/C23H37N3O2/c1-24-22(25-15-18-28-21-11-7-2-3-8-12-21)26-19-23(13-16-27-17-14-23)20-9-5-4-6-10-20/h4-6,9-10,21H,2-3,7-8,11-19H2,1H3,(H2,24,25,26). The van der Waals surface area contributed by atoms with Crippen LogP contribution in [0.2, 0.25) is 0 Å². The van der Waals surface area contributed by atoms with Crippen molar-refractivity contribution in [2.45, 2.75) is 62.9 Å². The fraction of sp³-hybridized carbons (Fsp3) is 0.696. The maximum atomic E-state index is 6.08. The van der Waals surface area contributed by atoms with Crippen LogP contribution in [0, 0.1) is 0 Å². The summed E-state index contributed by atoms with van der Waals surface area (Å²) in [5.41, 5.74) is 1.49. The Kier molecular flexibility index (Phi) is 8.62. The van der Waals surface area contributed by atoms with Gasteiger partial charge in [0.2, 0.25) is 0 Å². The maximum absolute atomic E-state index is 6.08. The van der Waals surface area contributed by atoms with Crippen molar-refractivity contribution in [1.29, 1.82) is 0 Å². The molecule has 2 fully saturated rings. The van der Waals surface area contributed by atoms with Crippen molar-refractivity contribution in [3.63, 3.8) is 0 Å². The largest absolute Gasteiger partial charge is 0.381 e. The van der Waals surface area contributed by atoms with Gasteiger partial charge >= 0.3 is 0 Å². The van der Waals surface area contributed by atoms with Crippen LogP contribution < -0.4 is 10.6 Å². The van der Waals surface area contributed by atoms with Gasteiger partial charge in [-0.15, -0.1) is 0 Å². The number of benzene rings is 1. The summed E-state index contributed by atoms with van der Waals surface area (Å²) in [5, 5.41) is 6.97. The lowest BCUT2D eigenvalue weighted by Crippen LogP contribution is -2.48. The van der Waals surface area contributed by atoms with Crippen molar-refractivity contribution in [3.8, 4) is 0 Å². The fourth-order valence-corrected chi connectivity index (χ4v) is 4.40. The first kappa shape index (κ1) is 21.1. The van der Waals surface area contributed by atoms with Crippen LogP contribution in [-0.4, -0.2) is 52.0 Å². The fourth-order valence-electron chi connectivity index (χ4n) is 4.40. The summed E-state index contributed by atoms with van der Waals surface area (Å²) in [6.45, 7) is 4.03. The molecule has 5 heteroatoms. The highest BCUT2D eigenvalue weighted by molar-refractivity contribution is 5.79. The molecule has 0 spiro atoms. The summed E-state index contributed by atoms with van der Waals surface area (Å²) < 4.78 is 11.7. The van der Waals surface area contributed by atoms with E-state index in [0.717, 1.165) is 51.7 Å². The van der Waals surface area contributed by atoms with E-state index in [4.69, 9.17) is 9.47 Å². The molecule has 2 aliphatic rings. The Balaban J connectivity index is 1.45. The minimum absolute atomic E-state index is 0.105. The molecule has 1 saturated carbocycles. The first-order valence-corrected chi connectivity index (χ1v) is 11.0. The van der Waals surface area contributed by atoms with Gasteiger partial charge in [-0.1, -0.05) is 56.0 Å². The van der Waals surface area contributed by atoms with Gasteiger partial charge in [0.1, 0.15) is 0 Å². The zero-order valence-electron chi connectivity index (χ0n) is 17.4. The van der Waals surface area contributed by atoms with Gasteiger partial charge in [0, 0.05) is 38.8 Å². The molecule has 1 heterocycles. The quantitative estimate of drug-likeness (QED) is 0.325. The Morgan fingerprint density at radius 1 is 1.07 bits per heavy atom. The van der Waals surface area contributed by atoms with Crippen molar-refractivity contribution in [3.05, 3.63) is 35.9 Å². The number of guanidine groups is 1. The molecule has 0 aromatic heterocycles. The molecule has 0 bridgehead atoms. The molecule has 1 saturated heterocycles. The molecule has 156 valence electrons. The molecule has 1 aromatic rings. The van der Waals surface area contributed by atoms with E-state index in [1.165, 1.54) is 44.1 Å². The zero-order valence-corrected chi connectivity index (χ0v) is 17.4. The van der Waals surface area contributed by atoms with Gasteiger partial charge in [-0.3, -0.25) is 4.99 Å². The molecule has 0 radical (unpaired) electrons. The Hall–Kier alpha value is -1.59. The molecule has 0 amide bonds. The van der Waals surface area contributed by atoms with Crippen LogP contribution in [0.15, 0.2) is 35.3 Å². The van der Waals surface area contributed by atoms with Gasteiger partial charge in [-0.2, -0.15) is 0 Å². The van der Waals surface area contributed by atoms with Gasteiger partial charge in [-0.05, 0) is 31.2 Å². The molecule has 0 atom stereocenters. The first-order chi connectivity index (χ1) is 13.8. The average molecular weight is 388 g/mol. The predicted molar refractivity (Wildman–Crippen MR) is 115 cm³/mol. The van der Waals surface area contributed by atoms with Crippen molar-refractivity contribution in [1.82, 2.24) is 10.6 Å². The van der Waals surface area contributed by atoms with E-state index in [0.29, 0.717) is 6.10 Å². The number of ether oxygens (including phenoxy) is 2. The first-order valence-electron chi connectivity index (χ1n) is 11.0. The lowest BCUT2D eigenvalue weighted by Gasteiger charge is -2.38. The van der Waals surface area contributed by atoms with Crippen molar-refractivity contribution >= 4 is 5.96 Å². The Morgan fingerprint density at radius 3 is 2.46 bits per heavy atom. The van der Waals surface area contributed by atoms with Crippen molar-refractivity contribution < 1.29 is 9.47 Å². The minimum atomic E-state index is 0.105. The molecule has 5 nitrogen and oxygen atoms in total. The number of aliphatic imine (C=N–C) groups is 1. The Labute approximate surface area is 170 Å². The van der Waals surface area contributed by atoms with E-state index in [9.17, 15) is 0 Å². The highest BCUT2D eigenvalue weighted by atomic mass is 16.5. The summed E-state index contributed by atoms with van der Waals surface area (Å²) in [6.07, 6.45) is 10.3. The van der Waals surface area contributed by atoms with E-state index in [1.54, 1.807) is 0 Å². The van der Waals surface area contributed by atoms with Crippen LogP contribution in [-0.2, 0) is 14.9 Å². The third-order valence-electron chi connectivity index (χ3n) is 6.20. The average Bonchev–Trinajstić information content (AvgIpc) is 3.03. The van der Waals surface area contributed by atoms with Crippen LogP contribution >= 0.6 is 0 Å². The second kappa shape index (κ2) is 11.4. The highest BCUT2D eigenvalue weighted by Crippen LogP contribution is 2.34. The summed E-state index contributed by atoms with van der Waals surface area (Å²) in [4.78, 5) is 4.40. The molecule has 1 aliphatic carbocycles. The molecule has 1 aromatic carbocycles.